The van der Waals surface area contributed by atoms with Crippen LogP contribution in [0, 0.1) is 89.3 Å². The summed E-state index contributed by atoms with van der Waals surface area (Å²) in [6.45, 7) is 15.3. The van der Waals surface area contributed by atoms with E-state index >= 15 is 35.1 Å². The normalized spacial score (nSPS) is 13.9. The highest BCUT2D eigenvalue weighted by molar-refractivity contribution is 8.00. The summed E-state index contributed by atoms with van der Waals surface area (Å²) in [4.78, 5) is 0.0587. The molecule has 0 amide bonds. The maximum atomic E-state index is 15.9. The van der Waals surface area contributed by atoms with Gasteiger partial charge in [-0.05, 0) is 70.9 Å². The summed E-state index contributed by atoms with van der Waals surface area (Å²) in [6.07, 6.45) is -2.98. The summed E-state index contributed by atoms with van der Waals surface area (Å²) in [6, 6.07) is 2.26. The number of benzene rings is 3. The Hall–Kier alpha value is -5.30. The van der Waals surface area contributed by atoms with Crippen LogP contribution in [0.3, 0.4) is 0 Å². The Kier molecular flexibility index (Phi) is 11.4. The number of allylic oxidation sites excluding steroid dienone is 3. The van der Waals surface area contributed by atoms with Gasteiger partial charge in [0.2, 0.25) is 0 Å². The minimum Gasteiger partial charge on any atom is -0.203 e. The van der Waals surface area contributed by atoms with E-state index < -0.39 is 198 Å². The van der Waals surface area contributed by atoms with Crippen molar-refractivity contribution in [3.63, 3.8) is 0 Å². The van der Waals surface area contributed by atoms with Crippen molar-refractivity contribution in [2.24, 2.45) is 0 Å². The highest BCUT2D eigenvalue weighted by Crippen LogP contribution is 2.50. The van der Waals surface area contributed by atoms with Gasteiger partial charge in [-0.15, -0.1) is 0 Å². The Labute approximate surface area is 324 Å². The van der Waals surface area contributed by atoms with Crippen molar-refractivity contribution in [3.8, 4) is 12.1 Å². The van der Waals surface area contributed by atoms with Crippen molar-refractivity contribution in [1.82, 2.24) is 0 Å². The first-order valence-electron chi connectivity index (χ1n) is 14.7. The molecule has 0 bridgehead atoms. The Balaban J connectivity index is 2.27. The molecule has 300 valence electrons. The van der Waals surface area contributed by atoms with Gasteiger partial charge in [-0.2, -0.15) is 59.7 Å². The van der Waals surface area contributed by atoms with E-state index in [0.717, 1.165) is 12.1 Å². The monoisotopic (exact) mass is 890 g/mol. The van der Waals surface area contributed by atoms with Crippen molar-refractivity contribution >= 4 is 46.4 Å². The zero-order valence-electron chi connectivity index (χ0n) is 27.4. The summed E-state index contributed by atoms with van der Waals surface area (Å²) in [5, 5.41) is 16.5. The van der Waals surface area contributed by atoms with Crippen LogP contribution in [0.25, 0.3) is 20.8 Å². The van der Waals surface area contributed by atoms with E-state index in [4.69, 9.17) is 13.1 Å². The van der Waals surface area contributed by atoms with E-state index in [2.05, 4.69) is 9.69 Å². The van der Waals surface area contributed by atoms with Crippen LogP contribution < -0.4 is 10.4 Å². The Morgan fingerprint density at radius 2 is 0.862 bits per heavy atom. The molecule has 3 aromatic carbocycles. The van der Waals surface area contributed by atoms with Crippen LogP contribution in [0.5, 0.6) is 0 Å². The van der Waals surface area contributed by atoms with Crippen LogP contribution in [0.1, 0.15) is 27.8 Å². The first-order valence-corrected chi connectivity index (χ1v) is 17.1. The molecule has 5 rings (SSSR count). The fourth-order valence-electron chi connectivity index (χ4n) is 6.23. The lowest BCUT2D eigenvalue weighted by molar-refractivity contribution is -0.0339. The smallest absolute Gasteiger partial charge is 0.203 e. The fraction of sp³-hybridized carbons (Fsp3) is 0.176. The van der Waals surface area contributed by atoms with Gasteiger partial charge in [0.15, 0.2) is 46.5 Å². The molecule has 0 N–H and O–H groups in total. The second kappa shape index (κ2) is 15.1. The second-order valence-electron chi connectivity index (χ2n) is 11.4. The van der Waals surface area contributed by atoms with Gasteiger partial charge in [-0.1, -0.05) is 0 Å². The number of hydrogen-bond donors (Lipinski definition) is 0. The topological polar surface area (TPSA) is 56.3 Å². The van der Waals surface area contributed by atoms with Gasteiger partial charge in [0, 0.05) is 37.8 Å². The molecule has 0 aliphatic heterocycles. The van der Waals surface area contributed by atoms with Gasteiger partial charge in [0.1, 0.15) is 30.9 Å². The average Bonchev–Trinajstić information content (AvgIpc) is 3.69. The number of halogens is 17. The molecule has 0 heterocycles. The Morgan fingerprint density at radius 3 is 1.21 bits per heavy atom. The standard InChI is InChI=1S/C34H7F17N4S3/c1-8-20(35)22(37)19(23(38)21(8)36)15-13(31(54-2)55-3)5-12-17(15)28(56-32(43,44)45)11-4-10(9(6-52)7-53)14(16(11)29(12)57-33(46,47)48)18-24(39)26(41)30(27(42)25(18)40)58-34(49,50)51/h4-5H2,1H3. The molecule has 0 radical (unpaired) electrons. The molecule has 24 heteroatoms. The molecule has 0 saturated heterocycles. The second-order valence-corrected chi connectivity index (χ2v) is 14.7. The number of thioether (sulfide) groups is 3. The molecule has 0 saturated carbocycles. The highest BCUT2D eigenvalue weighted by atomic mass is 32.2. The SMILES string of the molecule is [C-]#[N+]C([N+]#[C-])=C1Cc2c(SC(F)(F)F)c3c(c(SC(F)(F)F)c2=C1c1c(F)c(F)c(C)c(F)c1F)CC(=C(C#N)C#N)C=3c1c(F)c(F)c(SC(F)(F)F)c(F)c1F. The number of nitrogens with zero attached hydrogens (tertiary/aromatic N) is 4. The third kappa shape index (κ3) is 7.44. The summed E-state index contributed by atoms with van der Waals surface area (Å²) < 4.78 is 250. The van der Waals surface area contributed by atoms with Gasteiger partial charge < -0.3 is 0 Å². The third-order valence-corrected chi connectivity index (χ3v) is 10.8. The van der Waals surface area contributed by atoms with E-state index in [-0.39, 0.29) is 0 Å². The predicted octanol–water partition coefficient (Wildman–Crippen LogP) is 10.8. The van der Waals surface area contributed by atoms with Gasteiger partial charge in [0.05, 0.1) is 21.6 Å². The molecule has 2 aliphatic rings. The Morgan fingerprint density at radius 1 is 0.534 bits per heavy atom. The third-order valence-electron chi connectivity index (χ3n) is 8.28. The maximum Gasteiger partial charge on any atom is 0.523 e. The van der Waals surface area contributed by atoms with Crippen LogP contribution in [-0.4, -0.2) is 16.5 Å². The maximum absolute atomic E-state index is 15.9. The lowest BCUT2D eigenvalue weighted by atomic mass is 9.94. The molecular weight excluding hydrogens is 884 g/mol. The molecule has 0 unspecified atom stereocenters. The van der Waals surface area contributed by atoms with Crippen LogP contribution >= 0.6 is 35.3 Å². The van der Waals surface area contributed by atoms with Crippen LogP contribution in [0.2, 0.25) is 0 Å². The number of rotatable bonds is 5. The summed E-state index contributed by atoms with van der Waals surface area (Å²) >= 11 is -4.45. The molecule has 3 aromatic rings. The number of hydrogen-bond acceptors (Lipinski definition) is 5. The quantitative estimate of drug-likeness (QED) is 0.0840. The summed E-state index contributed by atoms with van der Waals surface area (Å²) in [5.74, 6) is -21.7. The van der Waals surface area contributed by atoms with E-state index in [0.29, 0.717) is 6.92 Å². The van der Waals surface area contributed by atoms with Gasteiger partial charge in [-0.25, -0.2) is 35.1 Å². The molecule has 0 aromatic heterocycles. The molecule has 0 fully saturated rings. The van der Waals surface area contributed by atoms with Gasteiger partial charge in [-0.3, -0.25) is 0 Å². The Bertz CT molecular complexity index is 2660. The van der Waals surface area contributed by atoms with E-state index in [9.17, 15) is 50.0 Å². The first kappa shape index (κ1) is 43.8. The van der Waals surface area contributed by atoms with Crippen molar-refractivity contribution in [2.45, 2.75) is 51.0 Å². The van der Waals surface area contributed by atoms with Crippen LogP contribution in [0.4, 0.5) is 74.6 Å². The van der Waals surface area contributed by atoms with Crippen LogP contribution in [0.15, 0.2) is 37.2 Å². The molecule has 58 heavy (non-hydrogen) atoms. The molecule has 0 atom stereocenters. The number of fused-ring (bicyclic) bond motifs is 2. The fourth-order valence-corrected chi connectivity index (χ4v) is 8.53. The predicted molar refractivity (Wildman–Crippen MR) is 170 cm³/mol. The van der Waals surface area contributed by atoms with Crippen molar-refractivity contribution in [1.29, 1.82) is 10.5 Å². The van der Waals surface area contributed by atoms with Crippen LogP contribution in [-0.2, 0) is 12.8 Å². The van der Waals surface area contributed by atoms with Crippen molar-refractivity contribution in [3.05, 3.63) is 130 Å². The zero-order valence-corrected chi connectivity index (χ0v) is 29.8. The van der Waals surface area contributed by atoms with Crippen molar-refractivity contribution < 1.29 is 74.6 Å². The van der Waals surface area contributed by atoms with Gasteiger partial charge >= 0.3 is 22.3 Å². The highest BCUT2D eigenvalue weighted by Gasteiger charge is 2.45. The molecule has 2 aliphatic carbocycles. The summed E-state index contributed by atoms with van der Waals surface area (Å²) in [5.41, 5.74) is -31.9. The van der Waals surface area contributed by atoms with E-state index in [1.54, 1.807) is 0 Å². The lowest BCUT2D eigenvalue weighted by Gasteiger charge is -2.18. The van der Waals surface area contributed by atoms with Gasteiger partial charge in [0.25, 0.3) is 0 Å². The molecule has 4 nitrogen and oxygen atoms in total. The summed E-state index contributed by atoms with van der Waals surface area (Å²) in [7, 11) is 0. The number of nitriles is 2. The first-order chi connectivity index (χ1) is 26.7. The largest absolute Gasteiger partial charge is 0.523 e. The van der Waals surface area contributed by atoms with E-state index in [1.807, 2.05) is 0 Å². The average molecular weight is 891 g/mol. The molecule has 0 spiro atoms. The van der Waals surface area contributed by atoms with Crippen molar-refractivity contribution in [2.75, 3.05) is 0 Å². The molecular formula is C34H7F17N4S3. The minimum atomic E-state index is -5.67. The zero-order chi connectivity index (χ0) is 43.7. The number of alkyl halides is 9. The minimum absolute atomic E-state index is 0.510. The lowest BCUT2D eigenvalue weighted by Crippen LogP contribution is -2.27. The van der Waals surface area contributed by atoms with E-state index in [1.165, 1.54) is 0 Å².